The van der Waals surface area contributed by atoms with Crippen molar-refractivity contribution in [1.29, 1.82) is 0 Å². The summed E-state index contributed by atoms with van der Waals surface area (Å²) in [5.74, 6) is 0. The first kappa shape index (κ1) is 11.5. The van der Waals surface area contributed by atoms with E-state index >= 15 is 0 Å². The topological polar surface area (TPSA) is 68.8 Å². The molecule has 0 radical (unpaired) electrons. The molecule has 2 aromatic heterocycles. The zero-order chi connectivity index (χ0) is 13.1. The summed E-state index contributed by atoms with van der Waals surface area (Å²) in [6.45, 7) is 2.08. The third kappa shape index (κ3) is 2.47. The molecule has 19 heavy (non-hydrogen) atoms. The van der Waals surface area contributed by atoms with Crippen LogP contribution >= 0.6 is 0 Å². The van der Waals surface area contributed by atoms with Gasteiger partial charge in [0, 0.05) is 11.3 Å². The molecular formula is C13H13N5O. The van der Waals surface area contributed by atoms with Crippen LogP contribution in [0.2, 0.25) is 0 Å². The standard InChI is InChI=1S/C13H13N5O/c1-10(11-6-7-19-8-11)15-12-2-4-13(5-3-12)18-9-14-16-17-18/h2-10,15H,1H3. The van der Waals surface area contributed by atoms with E-state index in [0.717, 1.165) is 16.9 Å². The lowest BCUT2D eigenvalue weighted by Crippen LogP contribution is -2.05. The van der Waals surface area contributed by atoms with Crippen LogP contribution in [0.25, 0.3) is 5.69 Å². The Morgan fingerprint density at radius 1 is 1.21 bits per heavy atom. The Morgan fingerprint density at radius 3 is 2.68 bits per heavy atom. The molecule has 96 valence electrons. The minimum Gasteiger partial charge on any atom is -0.472 e. The van der Waals surface area contributed by atoms with Crippen molar-refractivity contribution in [3.8, 4) is 5.69 Å². The first-order valence-corrected chi connectivity index (χ1v) is 5.95. The van der Waals surface area contributed by atoms with Crippen LogP contribution in [0, 0.1) is 0 Å². The fraction of sp³-hybridized carbons (Fsp3) is 0.154. The van der Waals surface area contributed by atoms with Crippen LogP contribution < -0.4 is 5.32 Å². The van der Waals surface area contributed by atoms with E-state index in [1.807, 2.05) is 30.3 Å². The van der Waals surface area contributed by atoms with Gasteiger partial charge in [0.05, 0.1) is 24.3 Å². The van der Waals surface area contributed by atoms with E-state index in [2.05, 4.69) is 27.8 Å². The average molecular weight is 255 g/mol. The van der Waals surface area contributed by atoms with E-state index in [9.17, 15) is 0 Å². The van der Waals surface area contributed by atoms with Crippen LogP contribution in [0.4, 0.5) is 5.69 Å². The predicted octanol–water partition coefficient (Wildman–Crippen LogP) is 2.43. The highest BCUT2D eigenvalue weighted by molar-refractivity contribution is 5.49. The molecule has 6 nitrogen and oxygen atoms in total. The van der Waals surface area contributed by atoms with E-state index in [4.69, 9.17) is 4.42 Å². The molecule has 0 aliphatic rings. The highest BCUT2D eigenvalue weighted by Crippen LogP contribution is 2.20. The van der Waals surface area contributed by atoms with Crippen molar-refractivity contribution in [2.45, 2.75) is 13.0 Å². The molecule has 1 unspecified atom stereocenters. The predicted molar refractivity (Wildman–Crippen MR) is 69.9 cm³/mol. The first-order valence-electron chi connectivity index (χ1n) is 5.95. The number of nitrogens with one attached hydrogen (secondary N) is 1. The molecule has 3 aromatic rings. The van der Waals surface area contributed by atoms with Crippen molar-refractivity contribution >= 4 is 5.69 Å². The van der Waals surface area contributed by atoms with Crippen molar-refractivity contribution < 1.29 is 4.42 Å². The van der Waals surface area contributed by atoms with Gasteiger partial charge in [0.15, 0.2) is 0 Å². The van der Waals surface area contributed by atoms with Gasteiger partial charge in [-0.3, -0.25) is 0 Å². The highest BCUT2D eigenvalue weighted by Gasteiger charge is 2.06. The van der Waals surface area contributed by atoms with E-state index in [1.165, 1.54) is 0 Å². The van der Waals surface area contributed by atoms with Crippen molar-refractivity contribution in [2.75, 3.05) is 5.32 Å². The van der Waals surface area contributed by atoms with Crippen LogP contribution in [0.5, 0.6) is 0 Å². The van der Waals surface area contributed by atoms with Crippen molar-refractivity contribution in [1.82, 2.24) is 20.2 Å². The Bertz CT molecular complexity index is 616. The molecule has 1 aromatic carbocycles. The molecule has 0 saturated carbocycles. The maximum Gasteiger partial charge on any atom is 0.143 e. The highest BCUT2D eigenvalue weighted by atomic mass is 16.3. The number of hydrogen-bond donors (Lipinski definition) is 1. The number of aromatic nitrogens is 4. The van der Waals surface area contributed by atoms with E-state index in [1.54, 1.807) is 23.5 Å². The van der Waals surface area contributed by atoms with Gasteiger partial charge in [0.1, 0.15) is 6.33 Å². The van der Waals surface area contributed by atoms with Gasteiger partial charge in [0.2, 0.25) is 0 Å². The van der Waals surface area contributed by atoms with Crippen LogP contribution in [-0.4, -0.2) is 20.2 Å². The molecular weight excluding hydrogens is 242 g/mol. The lowest BCUT2D eigenvalue weighted by molar-refractivity contribution is 0.562. The summed E-state index contributed by atoms with van der Waals surface area (Å²) in [5.41, 5.74) is 3.07. The molecule has 3 rings (SSSR count). The SMILES string of the molecule is CC(Nc1ccc(-n2cnnn2)cc1)c1ccoc1. The summed E-state index contributed by atoms with van der Waals surface area (Å²) >= 11 is 0. The maximum absolute atomic E-state index is 5.08. The fourth-order valence-corrected chi connectivity index (χ4v) is 1.84. The Morgan fingerprint density at radius 2 is 2.05 bits per heavy atom. The number of rotatable bonds is 4. The van der Waals surface area contributed by atoms with Gasteiger partial charge in [-0.15, -0.1) is 5.10 Å². The second-order valence-corrected chi connectivity index (χ2v) is 4.22. The lowest BCUT2D eigenvalue weighted by Gasteiger charge is -2.13. The number of hydrogen-bond acceptors (Lipinski definition) is 5. The molecule has 1 atom stereocenters. The van der Waals surface area contributed by atoms with Crippen LogP contribution in [-0.2, 0) is 0 Å². The third-order valence-electron chi connectivity index (χ3n) is 2.91. The molecule has 1 N–H and O–H groups in total. The summed E-state index contributed by atoms with van der Waals surface area (Å²) in [4.78, 5) is 0. The minimum atomic E-state index is 0.192. The Kier molecular flexibility index (Phi) is 2.97. The van der Waals surface area contributed by atoms with Crippen molar-refractivity contribution in [3.63, 3.8) is 0 Å². The van der Waals surface area contributed by atoms with Gasteiger partial charge < -0.3 is 9.73 Å². The number of anilines is 1. The fourth-order valence-electron chi connectivity index (χ4n) is 1.84. The first-order chi connectivity index (χ1) is 9.33. The molecule has 6 heteroatoms. The molecule has 0 amide bonds. The van der Waals surface area contributed by atoms with Crippen molar-refractivity contribution in [3.05, 3.63) is 54.7 Å². The quantitative estimate of drug-likeness (QED) is 0.775. The number of tetrazole rings is 1. The molecule has 0 aliphatic heterocycles. The monoisotopic (exact) mass is 255 g/mol. The molecule has 0 saturated heterocycles. The number of benzene rings is 1. The lowest BCUT2D eigenvalue weighted by atomic mass is 10.1. The Hall–Kier alpha value is -2.63. The van der Waals surface area contributed by atoms with Gasteiger partial charge >= 0.3 is 0 Å². The summed E-state index contributed by atoms with van der Waals surface area (Å²) in [6.07, 6.45) is 4.98. The summed E-state index contributed by atoms with van der Waals surface area (Å²) in [5, 5.41) is 14.5. The molecule has 0 fully saturated rings. The van der Waals surface area contributed by atoms with Gasteiger partial charge in [-0.05, 0) is 47.7 Å². The Labute approximate surface area is 110 Å². The smallest absolute Gasteiger partial charge is 0.143 e. The van der Waals surface area contributed by atoms with Crippen molar-refractivity contribution in [2.24, 2.45) is 0 Å². The summed E-state index contributed by atoms with van der Waals surface area (Å²) in [6, 6.07) is 10.0. The van der Waals surface area contributed by atoms with Crippen LogP contribution in [0.1, 0.15) is 18.5 Å². The van der Waals surface area contributed by atoms with Gasteiger partial charge in [-0.2, -0.15) is 0 Å². The normalized spacial score (nSPS) is 12.3. The number of nitrogens with zero attached hydrogens (tertiary/aromatic N) is 4. The molecule has 0 aliphatic carbocycles. The van der Waals surface area contributed by atoms with E-state index in [-0.39, 0.29) is 6.04 Å². The maximum atomic E-state index is 5.08. The van der Waals surface area contributed by atoms with E-state index in [0.29, 0.717) is 0 Å². The Balaban J connectivity index is 1.73. The zero-order valence-electron chi connectivity index (χ0n) is 10.4. The summed E-state index contributed by atoms with van der Waals surface area (Å²) in [7, 11) is 0. The van der Waals surface area contributed by atoms with Gasteiger partial charge in [-0.25, -0.2) is 4.68 Å². The molecule has 2 heterocycles. The second-order valence-electron chi connectivity index (χ2n) is 4.22. The molecule has 0 bridgehead atoms. The third-order valence-corrected chi connectivity index (χ3v) is 2.91. The second kappa shape index (κ2) is 4.93. The minimum absolute atomic E-state index is 0.192. The average Bonchev–Trinajstić information content (AvgIpc) is 3.13. The zero-order valence-corrected chi connectivity index (χ0v) is 10.4. The van der Waals surface area contributed by atoms with Gasteiger partial charge in [-0.1, -0.05) is 0 Å². The summed E-state index contributed by atoms with van der Waals surface area (Å²) < 4.78 is 6.69. The number of furan rings is 1. The largest absolute Gasteiger partial charge is 0.472 e. The van der Waals surface area contributed by atoms with Crippen LogP contribution in [0.3, 0.4) is 0 Å². The molecule has 0 spiro atoms. The van der Waals surface area contributed by atoms with Gasteiger partial charge in [0.25, 0.3) is 0 Å². The van der Waals surface area contributed by atoms with E-state index < -0.39 is 0 Å². The van der Waals surface area contributed by atoms with Crippen LogP contribution in [0.15, 0.2) is 53.6 Å².